The largest absolute Gasteiger partial charge is 0.309 e. The average Bonchev–Trinajstić information content (AvgIpc) is 2.78. The van der Waals surface area contributed by atoms with Gasteiger partial charge in [0.15, 0.2) is 0 Å². The van der Waals surface area contributed by atoms with Crippen LogP contribution in [0, 0.1) is 12.7 Å². The lowest BCUT2D eigenvalue weighted by molar-refractivity contribution is 0.533. The molecule has 0 aliphatic rings. The Labute approximate surface area is 111 Å². The minimum absolute atomic E-state index is 0.137. The molecule has 1 N–H and O–H groups in total. The maximum atomic E-state index is 13.7. The van der Waals surface area contributed by atoms with E-state index in [1.807, 2.05) is 25.3 Å². The Morgan fingerprint density at radius 3 is 2.78 bits per heavy atom. The minimum atomic E-state index is -0.137. The third-order valence-electron chi connectivity index (χ3n) is 2.81. The lowest BCUT2D eigenvalue weighted by Crippen LogP contribution is -2.22. The molecule has 0 aliphatic carbocycles. The van der Waals surface area contributed by atoms with Crippen LogP contribution < -0.4 is 5.32 Å². The molecule has 0 amide bonds. The number of aromatic nitrogens is 1. The molecule has 1 heterocycles. The summed E-state index contributed by atoms with van der Waals surface area (Å²) < 4.78 is 13.7. The number of thiazole rings is 1. The van der Waals surface area contributed by atoms with Crippen LogP contribution in [0.3, 0.4) is 0 Å². The van der Waals surface area contributed by atoms with E-state index in [1.54, 1.807) is 17.4 Å². The van der Waals surface area contributed by atoms with Crippen LogP contribution in [-0.4, -0.2) is 11.5 Å². The van der Waals surface area contributed by atoms with Crippen molar-refractivity contribution in [3.8, 4) is 0 Å². The molecule has 18 heavy (non-hydrogen) atoms. The first-order valence-corrected chi connectivity index (χ1v) is 6.91. The van der Waals surface area contributed by atoms with Gasteiger partial charge in [-0.05, 0) is 31.5 Å². The van der Waals surface area contributed by atoms with Gasteiger partial charge in [0.25, 0.3) is 0 Å². The lowest BCUT2D eigenvalue weighted by Gasteiger charge is -2.16. The number of aryl methyl sites for hydroxylation is 1. The summed E-state index contributed by atoms with van der Waals surface area (Å²) in [6, 6.07) is 7.08. The summed E-state index contributed by atoms with van der Waals surface area (Å²) in [6.07, 6.45) is 2.54. The molecule has 1 aromatic heterocycles. The highest BCUT2D eigenvalue weighted by Crippen LogP contribution is 2.24. The van der Waals surface area contributed by atoms with E-state index in [9.17, 15) is 4.39 Å². The first kappa shape index (κ1) is 13.2. The number of benzene rings is 1. The summed E-state index contributed by atoms with van der Waals surface area (Å²) in [5.74, 6) is -0.137. The van der Waals surface area contributed by atoms with Gasteiger partial charge in [0.05, 0.1) is 5.01 Å². The van der Waals surface area contributed by atoms with Crippen LogP contribution in [0.1, 0.15) is 28.4 Å². The quantitative estimate of drug-likeness (QED) is 0.894. The van der Waals surface area contributed by atoms with Gasteiger partial charge in [-0.3, -0.25) is 0 Å². The zero-order valence-electron chi connectivity index (χ0n) is 10.6. The van der Waals surface area contributed by atoms with Crippen molar-refractivity contribution in [3.63, 3.8) is 0 Å². The maximum absolute atomic E-state index is 13.7. The summed E-state index contributed by atoms with van der Waals surface area (Å²) in [5.41, 5.74) is 0.745. The number of hydrogen-bond donors (Lipinski definition) is 1. The fourth-order valence-corrected chi connectivity index (χ4v) is 2.80. The SMILES string of the molecule is CCNC(Cc1ccccc1F)c1cnc(C)s1. The number of nitrogens with one attached hydrogen (secondary N) is 1. The molecule has 0 fully saturated rings. The number of halogens is 1. The van der Waals surface area contributed by atoms with E-state index < -0.39 is 0 Å². The summed E-state index contributed by atoms with van der Waals surface area (Å²) in [6.45, 7) is 4.90. The number of rotatable bonds is 5. The molecule has 0 saturated heterocycles. The number of nitrogens with zero attached hydrogens (tertiary/aromatic N) is 1. The van der Waals surface area contributed by atoms with Crippen LogP contribution in [0.15, 0.2) is 30.5 Å². The Hall–Kier alpha value is -1.26. The van der Waals surface area contributed by atoms with Gasteiger partial charge in [0, 0.05) is 17.1 Å². The molecular formula is C14H17FN2S. The van der Waals surface area contributed by atoms with E-state index in [0.717, 1.165) is 22.0 Å². The topological polar surface area (TPSA) is 24.9 Å². The van der Waals surface area contributed by atoms with Crippen LogP contribution in [0.2, 0.25) is 0 Å². The van der Waals surface area contributed by atoms with Crippen LogP contribution in [0.5, 0.6) is 0 Å². The van der Waals surface area contributed by atoms with Gasteiger partial charge in [-0.15, -0.1) is 11.3 Å². The van der Waals surface area contributed by atoms with Gasteiger partial charge >= 0.3 is 0 Å². The molecule has 96 valence electrons. The first-order valence-electron chi connectivity index (χ1n) is 6.09. The van der Waals surface area contributed by atoms with Crippen LogP contribution >= 0.6 is 11.3 Å². The van der Waals surface area contributed by atoms with Crippen molar-refractivity contribution >= 4 is 11.3 Å². The van der Waals surface area contributed by atoms with Crippen molar-refractivity contribution in [2.45, 2.75) is 26.3 Å². The van der Waals surface area contributed by atoms with Crippen molar-refractivity contribution in [2.75, 3.05) is 6.54 Å². The average molecular weight is 264 g/mol. The van der Waals surface area contributed by atoms with Gasteiger partial charge in [0.1, 0.15) is 5.82 Å². The zero-order valence-corrected chi connectivity index (χ0v) is 11.4. The van der Waals surface area contributed by atoms with Gasteiger partial charge in [-0.1, -0.05) is 25.1 Å². The third kappa shape index (κ3) is 3.15. The fraction of sp³-hybridized carbons (Fsp3) is 0.357. The molecule has 0 radical (unpaired) electrons. The standard InChI is InChI=1S/C14H17FN2S/c1-3-16-13(14-9-17-10(2)18-14)8-11-6-4-5-7-12(11)15/h4-7,9,13,16H,3,8H2,1-2H3. The molecule has 1 atom stereocenters. The van der Waals surface area contributed by atoms with Gasteiger partial charge in [0.2, 0.25) is 0 Å². The number of likely N-dealkylation sites (N-methyl/N-ethyl adjacent to an activating group) is 1. The van der Waals surface area contributed by atoms with Crippen molar-refractivity contribution < 1.29 is 4.39 Å². The van der Waals surface area contributed by atoms with Crippen LogP contribution in [0.25, 0.3) is 0 Å². The van der Waals surface area contributed by atoms with Crippen molar-refractivity contribution in [3.05, 3.63) is 51.7 Å². The normalized spacial score (nSPS) is 12.6. The highest BCUT2D eigenvalue weighted by Gasteiger charge is 2.15. The minimum Gasteiger partial charge on any atom is -0.309 e. The maximum Gasteiger partial charge on any atom is 0.126 e. The monoisotopic (exact) mass is 264 g/mol. The second kappa shape index (κ2) is 6.07. The molecular weight excluding hydrogens is 247 g/mol. The predicted octanol–water partition coefficient (Wildman–Crippen LogP) is 3.48. The van der Waals surface area contributed by atoms with Crippen molar-refractivity contribution in [1.82, 2.24) is 10.3 Å². The Morgan fingerprint density at radius 2 is 2.17 bits per heavy atom. The van der Waals surface area contributed by atoms with Crippen LogP contribution in [0.4, 0.5) is 4.39 Å². The summed E-state index contributed by atoms with van der Waals surface area (Å²) >= 11 is 1.66. The van der Waals surface area contributed by atoms with Crippen molar-refractivity contribution in [1.29, 1.82) is 0 Å². The Morgan fingerprint density at radius 1 is 1.39 bits per heavy atom. The smallest absolute Gasteiger partial charge is 0.126 e. The molecule has 0 spiro atoms. The van der Waals surface area contributed by atoms with E-state index in [0.29, 0.717) is 6.42 Å². The summed E-state index contributed by atoms with van der Waals surface area (Å²) in [7, 11) is 0. The highest BCUT2D eigenvalue weighted by molar-refractivity contribution is 7.11. The zero-order chi connectivity index (χ0) is 13.0. The van der Waals surface area contributed by atoms with E-state index in [4.69, 9.17) is 0 Å². The summed E-state index contributed by atoms with van der Waals surface area (Å²) in [5, 5.41) is 4.43. The van der Waals surface area contributed by atoms with E-state index in [1.165, 1.54) is 6.07 Å². The van der Waals surface area contributed by atoms with E-state index >= 15 is 0 Å². The predicted molar refractivity (Wildman–Crippen MR) is 73.4 cm³/mol. The van der Waals surface area contributed by atoms with Gasteiger partial charge in [-0.2, -0.15) is 0 Å². The van der Waals surface area contributed by atoms with E-state index in [2.05, 4.69) is 17.2 Å². The molecule has 0 aliphatic heterocycles. The Kier molecular flexibility index (Phi) is 4.44. The molecule has 0 bridgehead atoms. The molecule has 4 heteroatoms. The molecule has 2 rings (SSSR count). The van der Waals surface area contributed by atoms with Crippen molar-refractivity contribution in [2.24, 2.45) is 0 Å². The molecule has 1 aromatic carbocycles. The molecule has 2 nitrogen and oxygen atoms in total. The third-order valence-corrected chi connectivity index (χ3v) is 3.84. The fourth-order valence-electron chi connectivity index (χ4n) is 1.94. The Bertz CT molecular complexity index is 510. The highest BCUT2D eigenvalue weighted by atomic mass is 32.1. The molecule has 2 aromatic rings. The summed E-state index contributed by atoms with van der Waals surface area (Å²) in [4.78, 5) is 5.43. The second-order valence-corrected chi connectivity index (χ2v) is 5.45. The first-order chi connectivity index (χ1) is 8.70. The molecule has 1 unspecified atom stereocenters. The Balaban J connectivity index is 2.19. The van der Waals surface area contributed by atoms with Gasteiger partial charge in [-0.25, -0.2) is 9.37 Å². The second-order valence-electron chi connectivity index (χ2n) is 4.19. The lowest BCUT2D eigenvalue weighted by atomic mass is 10.0. The number of hydrogen-bond acceptors (Lipinski definition) is 3. The molecule has 0 saturated carbocycles. The van der Waals surface area contributed by atoms with E-state index in [-0.39, 0.29) is 11.9 Å². The van der Waals surface area contributed by atoms with Crippen LogP contribution in [-0.2, 0) is 6.42 Å². The van der Waals surface area contributed by atoms with Gasteiger partial charge < -0.3 is 5.32 Å².